The van der Waals surface area contributed by atoms with Gasteiger partial charge in [0.05, 0.1) is 16.3 Å². The van der Waals surface area contributed by atoms with Crippen LogP contribution in [0.1, 0.15) is 34.0 Å². The van der Waals surface area contributed by atoms with E-state index in [0.717, 1.165) is 11.3 Å². The number of sulfonamides is 1. The van der Waals surface area contributed by atoms with Crippen molar-refractivity contribution < 1.29 is 27.6 Å². The van der Waals surface area contributed by atoms with Gasteiger partial charge in [-0.3, -0.25) is 14.8 Å². The molecule has 0 saturated carbocycles. The lowest BCUT2D eigenvalue weighted by molar-refractivity contribution is -0.139. The molecule has 194 valence electrons. The van der Waals surface area contributed by atoms with Crippen molar-refractivity contribution in [3.63, 3.8) is 0 Å². The van der Waals surface area contributed by atoms with E-state index in [9.17, 15) is 23.1 Å². The first-order valence-corrected chi connectivity index (χ1v) is 13.3. The zero-order chi connectivity index (χ0) is 26.5. The first kappa shape index (κ1) is 27.3. The highest BCUT2D eigenvalue weighted by atomic mass is 32.2. The minimum atomic E-state index is -4.14. The molecule has 2 heterocycles. The van der Waals surface area contributed by atoms with Crippen LogP contribution in [0.4, 0.5) is 5.69 Å². The monoisotopic (exact) mass is 536 g/mol. The molecular weight excluding hydrogens is 508 g/mol. The van der Waals surface area contributed by atoms with Crippen LogP contribution in [-0.2, 0) is 14.8 Å². The molecule has 0 saturated heterocycles. The van der Waals surface area contributed by atoms with Crippen molar-refractivity contribution in [1.82, 2.24) is 15.8 Å². The van der Waals surface area contributed by atoms with Gasteiger partial charge in [0.15, 0.2) is 0 Å². The molecule has 1 aromatic carbocycles. The number of carbonyl (C=O) groups excluding carboxylic acids is 1. The predicted molar refractivity (Wildman–Crippen MR) is 135 cm³/mol. The summed E-state index contributed by atoms with van der Waals surface area (Å²) in [6.45, 7) is 3.77. The molecule has 1 atom stereocenters. The minimum Gasteiger partial charge on any atom is -0.480 e. The van der Waals surface area contributed by atoms with E-state index >= 15 is 0 Å². The zero-order valence-corrected chi connectivity index (χ0v) is 21.3. The SMILES string of the molecule is Cc1noc(C)c1-c1ccccc1S(=O)(=O)Nc1ccsc1C(=O)N[C@@H](CCCNC(N)N)C(=O)O. The van der Waals surface area contributed by atoms with Crippen molar-refractivity contribution in [3.05, 3.63) is 52.0 Å². The van der Waals surface area contributed by atoms with Gasteiger partial charge in [-0.15, -0.1) is 11.3 Å². The van der Waals surface area contributed by atoms with Crippen LogP contribution in [0.25, 0.3) is 11.1 Å². The zero-order valence-electron chi connectivity index (χ0n) is 19.6. The first-order chi connectivity index (χ1) is 17.0. The number of carboxylic acids is 1. The summed E-state index contributed by atoms with van der Waals surface area (Å²) in [4.78, 5) is 24.5. The third-order valence-electron chi connectivity index (χ3n) is 5.25. The highest BCUT2D eigenvalue weighted by molar-refractivity contribution is 7.92. The summed E-state index contributed by atoms with van der Waals surface area (Å²) in [5.74, 6) is -1.46. The van der Waals surface area contributed by atoms with Gasteiger partial charge < -0.3 is 26.4 Å². The van der Waals surface area contributed by atoms with Gasteiger partial charge in [0.1, 0.15) is 23.0 Å². The number of thiophene rings is 1. The second kappa shape index (κ2) is 11.6. The van der Waals surface area contributed by atoms with E-state index in [4.69, 9.17) is 16.0 Å². The van der Waals surface area contributed by atoms with Crippen molar-refractivity contribution in [3.8, 4) is 11.1 Å². The van der Waals surface area contributed by atoms with Crippen LogP contribution in [0.2, 0.25) is 0 Å². The number of hydrogen-bond donors (Lipinski definition) is 6. The first-order valence-electron chi connectivity index (χ1n) is 10.9. The summed E-state index contributed by atoms with van der Waals surface area (Å²) in [5.41, 5.74) is 12.3. The van der Waals surface area contributed by atoms with Gasteiger partial charge in [-0.05, 0) is 50.7 Å². The maximum Gasteiger partial charge on any atom is 0.326 e. The molecule has 0 spiro atoms. The van der Waals surface area contributed by atoms with Crippen LogP contribution in [0, 0.1) is 13.8 Å². The van der Waals surface area contributed by atoms with Crippen LogP contribution in [0.5, 0.6) is 0 Å². The summed E-state index contributed by atoms with van der Waals surface area (Å²) in [7, 11) is -4.14. The van der Waals surface area contributed by atoms with E-state index in [1.54, 1.807) is 32.0 Å². The third-order valence-corrected chi connectivity index (χ3v) is 7.58. The van der Waals surface area contributed by atoms with Crippen LogP contribution in [-0.4, -0.2) is 49.4 Å². The van der Waals surface area contributed by atoms with Gasteiger partial charge >= 0.3 is 5.97 Å². The van der Waals surface area contributed by atoms with Crippen LogP contribution in [0.15, 0.2) is 45.1 Å². The Morgan fingerprint density at radius 2 is 1.92 bits per heavy atom. The van der Waals surface area contributed by atoms with Gasteiger partial charge in [0.2, 0.25) is 0 Å². The molecule has 0 unspecified atom stereocenters. The lowest BCUT2D eigenvalue weighted by Crippen LogP contribution is -2.46. The molecular formula is C22H28N6O6S2. The molecule has 0 aliphatic rings. The van der Waals surface area contributed by atoms with E-state index in [-0.39, 0.29) is 21.9 Å². The number of benzene rings is 1. The quantitative estimate of drug-likeness (QED) is 0.146. The Kier molecular flexibility index (Phi) is 8.81. The maximum atomic E-state index is 13.4. The highest BCUT2D eigenvalue weighted by Gasteiger charge is 2.27. The van der Waals surface area contributed by atoms with Crippen molar-refractivity contribution in [2.45, 2.75) is 43.9 Å². The predicted octanol–water partition coefficient (Wildman–Crippen LogP) is 1.57. The molecule has 2 aromatic heterocycles. The van der Waals surface area contributed by atoms with Crippen LogP contribution < -0.4 is 26.8 Å². The van der Waals surface area contributed by atoms with Gasteiger partial charge in [-0.25, -0.2) is 13.2 Å². The fraction of sp³-hybridized carbons (Fsp3) is 0.318. The Balaban J connectivity index is 1.81. The molecule has 12 nitrogen and oxygen atoms in total. The highest BCUT2D eigenvalue weighted by Crippen LogP contribution is 2.34. The lowest BCUT2D eigenvalue weighted by atomic mass is 10.0. The molecule has 0 bridgehead atoms. The number of amides is 1. The summed E-state index contributed by atoms with van der Waals surface area (Å²) in [6.07, 6.45) is -0.213. The topological polar surface area (TPSA) is 203 Å². The third kappa shape index (κ3) is 6.47. The Morgan fingerprint density at radius 1 is 1.19 bits per heavy atom. The summed E-state index contributed by atoms with van der Waals surface area (Å²) in [5, 5.41) is 20.1. The summed E-state index contributed by atoms with van der Waals surface area (Å²) < 4.78 is 34.4. The van der Waals surface area contributed by atoms with E-state index in [1.165, 1.54) is 17.5 Å². The van der Waals surface area contributed by atoms with Gasteiger partial charge in [0.25, 0.3) is 15.9 Å². The number of aliphatic carboxylic acids is 1. The molecule has 8 N–H and O–H groups in total. The Morgan fingerprint density at radius 3 is 2.56 bits per heavy atom. The lowest BCUT2D eigenvalue weighted by Gasteiger charge is -2.16. The van der Waals surface area contributed by atoms with Crippen molar-refractivity contribution in [2.75, 3.05) is 11.3 Å². The number of hydrogen-bond acceptors (Lipinski definition) is 10. The fourth-order valence-corrected chi connectivity index (χ4v) is 5.70. The molecule has 14 heteroatoms. The number of anilines is 1. The van der Waals surface area contributed by atoms with Crippen molar-refractivity contribution in [1.29, 1.82) is 0 Å². The molecule has 36 heavy (non-hydrogen) atoms. The molecule has 0 radical (unpaired) electrons. The Bertz CT molecular complexity index is 1310. The van der Waals surface area contributed by atoms with Crippen molar-refractivity contribution in [2.24, 2.45) is 11.5 Å². The standard InChI is InChI=1S/C22H28N6O6S2/c1-12-18(13(2)34-27-12)14-6-3-4-8-17(14)36(32,33)28-15-9-11-35-19(15)20(29)26-16(21(30)31)7-5-10-25-22(23)24/h3-4,6,8-9,11,16,22,25,28H,5,7,10,23-24H2,1-2H3,(H,26,29)(H,30,31)/t16-/m0/s1. The summed E-state index contributed by atoms with van der Waals surface area (Å²) >= 11 is 0.984. The second-order valence-corrected chi connectivity index (χ2v) is 10.5. The van der Waals surface area contributed by atoms with Crippen LogP contribution in [0.3, 0.4) is 0 Å². The largest absolute Gasteiger partial charge is 0.480 e. The molecule has 1 amide bonds. The van der Waals surface area contributed by atoms with E-state index in [1.807, 2.05) is 0 Å². The molecule has 3 rings (SSSR count). The van der Waals surface area contributed by atoms with Gasteiger partial charge in [-0.2, -0.15) is 0 Å². The van der Waals surface area contributed by atoms with Crippen molar-refractivity contribution >= 4 is 38.9 Å². The Hall–Kier alpha value is -3.30. The number of nitrogens with two attached hydrogens (primary N) is 2. The Labute approximate surface area is 212 Å². The molecule has 0 aliphatic carbocycles. The normalized spacial score (nSPS) is 12.5. The van der Waals surface area contributed by atoms with Crippen LogP contribution >= 0.6 is 11.3 Å². The number of carbonyl (C=O) groups is 2. The van der Waals surface area contributed by atoms with Gasteiger partial charge in [-0.1, -0.05) is 23.4 Å². The van der Waals surface area contributed by atoms with E-state index in [2.05, 4.69) is 20.5 Å². The summed E-state index contributed by atoms with van der Waals surface area (Å²) in [6, 6.07) is 6.63. The molecule has 3 aromatic rings. The number of nitrogens with one attached hydrogen (secondary N) is 3. The smallest absolute Gasteiger partial charge is 0.326 e. The van der Waals surface area contributed by atoms with Gasteiger partial charge in [0, 0.05) is 11.1 Å². The fourth-order valence-electron chi connectivity index (χ4n) is 3.60. The molecule has 0 aliphatic heterocycles. The number of rotatable bonds is 12. The maximum absolute atomic E-state index is 13.4. The number of nitrogens with zero attached hydrogens (tertiary/aromatic N) is 1. The molecule has 0 fully saturated rings. The number of aromatic nitrogens is 1. The van der Waals surface area contributed by atoms with E-state index in [0.29, 0.717) is 35.5 Å². The second-order valence-electron chi connectivity index (χ2n) is 7.95. The number of aryl methyl sites for hydroxylation is 2. The average molecular weight is 537 g/mol. The minimum absolute atomic E-state index is 0.0222. The van der Waals surface area contributed by atoms with E-state index < -0.39 is 34.2 Å². The average Bonchev–Trinajstić information content (AvgIpc) is 3.40. The number of carboxylic acid groups (broad SMARTS) is 1.